The highest BCUT2D eigenvalue weighted by Crippen LogP contribution is 2.20. The molecule has 4 N–H and O–H groups in total. The summed E-state index contributed by atoms with van der Waals surface area (Å²) in [6, 6.07) is 8.72. The Kier molecular flexibility index (Phi) is 7.76. The molecule has 6 nitrogen and oxygen atoms in total. The molecule has 0 aromatic heterocycles. The van der Waals surface area contributed by atoms with E-state index in [1.54, 1.807) is 30.3 Å². The lowest BCUT2D eigenvalue weighted by Gasteiger charge is -2.27. The van der Waals surface area contributed by atoms with Crippen molar-refractivity contribution < 1.29 is 18.0 Å². The largest absolute Gasteiger partial charge is 0.368 e. The number of Topliss-reactive ketones (excluding diaryl/α,β-unsaturated/α-hetero) is 1. The third-order valence-electron chi connectivity index (χ3n) is 4.30. The maximum Gasteiger partial charge on any atom is 0.246 e. The summed E-state index contributed by atoms with van der Waals surface area (Å²) in [5, 5.41) is -0.616. The smallest absolute Gasteiger partial charge is 0.246 e. The van der Waals surface area contributed by atoms with E-state index in [9.17, 15) is 18.0 Å². The molecule has 0 saturated heterocycles. The first-order valence-electron chi connectivity index (χ1n) is 8.55. The molecule has 1 amide bonds. The minimum atomic E-state index is -3.73. The van der Waals surface area contributed by atoms with Crippen molar-refractivity contribution in [1.29, 1.82) is 0 Å². The Labute approximate surface area is 149 Å². The molecule has 0 spiro atoms. The summed E-state index contributed by atoms with van der Waals surface area (Å²) in [6.07, 6.45) is 2.18. The summed E-state index contributed by atoms with van der Waals surface area (Å²) in [5.41, 5.74) is 9.72. The van der Waals surface area contributed by atoms with E-state index >= 15 is 0 Å². The highest BCUT2D eigenvalue weighted by atomic mass is 32.2. The zero-order valence-corrected chi connectivity index (χ0v) is 15.7. The van der Waals surface area contributed by atoms with Crippen molar-refractivity contribution in [1.82, 2.24) is 0 Å². The van der Waals surface area contributed by atoms with Crippen LogP contribution in [0.5, 0.6) is 0 Å². The van der Waals surface area contributed by atoms with Crippen LogP contribution in [0.25, 0.3) is 0 Å². The lowest BCUT2D eigenvalue weighted by Crippen LogP contribution is -2.63. The fraction of sp³-hybridized carbons (Fsp3) is 0.556. The molecule has 1 rings (SSSR count). The van der Waals surface area contributed by atoms with Gasteiger partial charge in [0.2, 0.25) is 5.91 Å². The molecule has 0 fully saturated rings. The van der Waals surface area contributed by atoms with E-state index in [0.717, 1.165) is 0 Å². The molecule has 1 aromatic carbocycles. The number of hydrogen-bond acceptors (Lipinski definition) is 5. The van der Waals surface area contributed by atoms with E-state index in [-0.39, 0.29) is 6.42 Å². The van der Waals surface area contributed by atoms with Crippen LogP contribution in [0.3, 0.4) is 0 Å². The van der Waals surface area contributed by atoms with Crippen molar-refractivity contribution in [3.05, 3.63) is 35.9 Å². The molecule has 140 valence electrons. The third-order valence-corrected chi connectivity index (χ3v) is 6.65. The molecule has 0 radical (unpaired) electrons. The molecular formula is C18H28N2O4S. The Morgan fingerprint density at radius 3 is 2.04 bits per heavy atom. The van der Waals surface area contributed by atoms with Crippen molar-refractivity contribution in [3.8, 4) is 0 Å². The summed E-state index contributed by atoms with van der Waals surface area (Å²) in [4.78, 5) is 24.5. The molecule has 0 aliphatic heterocycles. The quantitative estimate of drug-likeness (QED) is 0.571. The van der Waals surface area contributed by atoms with Crippen molar-refractivity contribution in [2.75, 3.05) is 5.75 Å². The van der Waals surface area contributed by atoms with Gasteiger partial charge in [-0.25, -0.2) is 8.42 Å². The van der Waals surface area contributed by atoms with Crippen LogP contribution >= 0.6 is 0 Å². The molecule has 0 aliphatic rings. The minimum Gasteiger partial charge on any atom is -0.368 e. The van der Waals surface area contributed by atoms with E-state index in [1.807, 2.05) is 13.8 Å². The molecular weight excluding hydrogens is 340 g/mol. The van der Waals surface area contributed by atoms with Gasteiger partial charge >= 0.3 is 0 Å². The van der Waals surface area contributed by atoms with Crippen LogP contribution in [0, 0.1) is 0 Å². The van der Waals surface area contributed by atoms with Crippen molar-refractivity contribution in [2.45, 2.75) is 56.7 Å². The first-order valence-corrected chi connectivity index (χ1v) is 10.3. The highest BCUT2D eigenvalue weighted by Gasteiger charge is 2.45. The van der Waals surface area contributed by atoms with E-state index in [1.165, 1.54) is 0 Å². The summed E-state index contributed by atoms with van der Waals surface area (Å²) < 4.78 is 25.5. The number of amides is 1. The lowest BCUT2D eigenvalue weighted by molar-refractivity contribution is -0.132. The van der Waals surface area contributed by atoms with Crippen molar-refractivity contribution in [3.63, 3.8) is 0 Å². The maximum absolute atomic E-state index is 12.7. The third kappa shape index (κ3) is 5.64. The molecule has 0 aliphatic carbocycles. The highest BCUT2D eigenvalue weighted by molar-refractivity contribution is 7.92. The molecule has 0 bridgehead atoms. The standard InChI is InChI=1S/C18H28N2O4S/c1-3-8-15(9-4-2)25(23,24)13-18(20,17(19)22)16(21)12-14-10-6-5-7-11-14/h5-7,10-11,15H,3-4,8-9,12-13,20H2,1-2H3,(H2,19,22)/t18-/m1/s1. The van der Waals surface area contributed by atoms with Crippen LogP contribution in [0.1, 0.15) is 45.1 Å². The second-order valence-corrected chi connectivity index (χ2v) is 8.71. The predicted octanol–water partition coefficient (Wildman–Crippen LogP) is 1.36. The van der Waals surface area contributed by atoms with Crippen molar-refractivity contribution in [2.24, 2.45) is 11.5 Å². The Bertz CT molecular complexity index is 682. The van der Waals surface area contributed by atoms with Gasteiger partial charge in [-0.05, 0) is 18.4 Å². The normalized spacial score (nSPS) is 14.2. The number of benzene rings is 1. The van der Waals surface area contributed by atoms with E-state index < -0.39 is 38.1 Å². The number of primary amides is 1. The SMILES string of the molecule is CCCC(CCC)S(=O)(=O)C[C@](N)(C(N)=O)C(=O)Cc1ccccc1. The summed E-state index contributed by atoms with van der Waals surface area (Å²) >= 11 is 0. The number of hydrogen-bond donors (Lipinski definition) is 2. The van der Waals surface area contributed by atoms with Gasteiger partial charge in [-0.3, -0.25) is 9.59 Å². The average molecular weight is 368 g/mol. The van der Waals surface area contributed by atoms with Gasteiger partial charge in [0.25, 0.3) is 0 Å². The Morgan fingerprint density at radius 2 is 1.60 bits per heavy atom. The number of ketones is 1. The Balaban J connectivity index is 3.08. The number of rotatable bonds is 11. The molecule has 0 unspecified atom stereocenters. The van der Waals surface area contributed by atoms with Crippen molar-refractivity contribution >= 4 is 21.5 Å². The van der Waals surface area contributed by atoms with Gasteiger partial charge in [-0.2, -0.15) is 0 Å². The maximum atomic E-state index is 12.7. The van der Waals surface area contributed by atoms with Gasteiger partial charge in [0, 0.05) is 6.42 Å². The number of nitrogens with two attached hydrogens (primary N) is 2. The second-order valence-electron chi connectivity index (χ2n) is 6.43. The summed E-state index contributed by atoms with van der Waals surface area (Å²) in [7, 11) is -3.73. The van der Waals surface area contributed by atoms with Crippen LogP contribution in [0.2, 0.25) is 0 Å². The first kappa shape index (κ1) is 21.3. The van der Waals surface area contributed by atoms with E-state index in [2.05, 4.69) is 0 Å². The van der Waals surface area contributed by atoms with Crippen LogP contribution in [-0.4, -0.2) is 36.6 Å². The van der Waals surface area contributed by atoms with Gasteiger partial charge < -0.3 is 11.5 Å². The number of carbonyl (C=O) groups excluding carboxylic acids is 2. The molecule has 7 heteroatoms. The second kappa shape index (κ2) is 9.10. The van der Waals surface area contributed by atoms with Gasteiger partial charge in [-0.1, -0.05) is 57.0 Å². The summed E-state index contributed by atoms with van der Waals surface area (Å²) in [6.45, 7) is 3.78. The summed E-state index contributed by atoms with van der Waals surface area (Å²) in [5.74, 6) is -2.53. The van der Waals surface area contributed by atoms with Crippen LogP contribution in [0.4, 0.5) is 0 Å². The topological polar surface area (TPSA) is 120 Å². The predicted molar refractivity (Wildman–Crippen MR) is 98.7 cm³/mol. The average Bonchev–Trinajstić information content (AvgIpc) is 2.54. The molecule has 1 aromatic rings. The van der Waals surface area contributed by atoms with Gasteiger partial charge in [0.15, 0.2) is 21.2 Å². The molecule has 1 atom stereocenters. The van der Waals surface area contributed by atoms with Gasteiger partial charge in [-0.15, -0.1) is 0 Å². The Morgan fingerprint density at radius 1 is 1.08 bits per heavy atom. The fourth-order valence-electron chi connectivity index (χ4n) is 2.81. The van der Waals surface area contributed by atoms with Gasteiger partial charge in [0.05, 0.1) is 11.0 Å². The zero-order chi connectivity index (χ0) is 19.1. The van der Waals surface area contributed by atoms with Gasteiger partial charge in [0.1, 0.15) is 0 Å². The fourth-order valence-corrected chi connectivity index (χ4v) is 5.17. The van der Waals surface area contributed by atoms with E-state index in [4.69, 9.17) is 11.5 Å². The zero-order valence-electron chi connectivity index (χ0n) is 14.9. The Hall–Kier alpha value is -1.73. The number of sulfone groups is 1. The molecule has 25 heavy (non-hydrogen) atoms. The van der Waals surface area contributed by atoms with Crippen LogP contribution < -0.4 is 11.5 Å². The number of carbonyl (C=O) groups is 2. The molecule has 0 saturated carbocycles. The van der Waals surface area contributed by atoms with Crippen LogP contribution in [0.15, 0.2) is 30.3 Å². The molecule has 0 heterocycles. The monoisotopic (exact) mass is 368 g/mol. The van der Waals surface area contributed by atoms with Crippen LogP contribution in [-0.2, 0) is 25.8 Å². The lowest BCUT2D eigenvalue weighted by atomic mass is 9.92. The minimum absolute atomic E-state index is 0.137. The van der Waals surface area contributed by atoms with E-state index in [0.29, 0.717) is 31.2 Å². The first-order chi connectivity index (χ1) is 11.7.